The molecule has 128 valence electrons. The molecule has 1 aromatic heterocycles. The van der Waals surface area contributed by atoms with Gasteiger partial charge in [-0.15, -0.1) is 0 Å². The molecule has 3 aromatic rings. The van der Waals surface area contributed by atoms with E-state index in [9.17, 15) is 9.59 Å². The number of fused-ring (bicyclic) bond motifs is 1. The third-order valence-electron chi connectivity index (χ3n) is 3.27. The predicted molar refractivity (Wildman–Crippen MR) is 96.5 cm³/mol. The minimum absolute atomic E-state index is 0.212. The summed E-state index contributed by atoms with van der Waals surface area (Å²) in [5.74, 6) is -0.427. The van der Waals surface area contributed by atoms with Crippen LogP contribution in [0.15, 0.2) is 42.5 Å². The number of carbonyl (C=O) groups excluding carboxylic acids is 2. The molecule has 0 atom stereocenters. The number of hydrogen-bond acceptors (Lipinski definition) is 6. The van der Waals surface area contributed by atoms with Crippen molar-refractivity contribution in [1.82, 2.24) is 4.98 Å². The van der Waals surface area contributed by atoms with Crippen molar-refractivity contribution < 1.29 is 19.1 Å². The second-order valence-corrected chi connectivity index (χ2v) is 6.39. The summed E-state index contributed by atoms with van der Waals surface area (Å²) in [6, 6.07) is 11.9. The van der Waals surface area contributed by atoms with Crippen molar-refractivity contribution in [2.75, 3.05) is 19.0 Å². The lowest BCUT2D eigenvalue weighted by Crippen LogP contribution is -2.20. The van der Waals surface area contributed by atoms with E-state index >= 15 is 0 Å². The molecule has 0 unspecified atom stereocenters. The third-order valence-corrected chi connectivity index (χ3v) is 4.53. The van der Waals surface area contributed by atoms with Crippen LogP contribution in [0.4, 0.5) is 5.13 Å². The molecule has 0 spiro atoms. The number of aromatic nitrogens is 1. The molecule has 25 heavy (non-hydrogen) atoms. The van der Waals surface area contributed by atoms with Gasteiger partial charge in [0.2, 0.25) is 0 Å². The van der Waals surface area contributed by atoms with Gasteiger partial charge in [-0.25, -0.2) is 9.78 Å². The first kappa shape index (κ1) is 17.2. The zero-order valence-corrected chi connectivity index (χ0v) is 14.7. The van der Waals surface area contributed by atoms with E-state index in [4.69, 9.17) is 21.1 Å². The molecule has 1 amide bonds. The molecule has 0 aliphatic carbocycles. The van der Waals surface area contributed by atoms with Crippen LogP contribution in [-0.4, -0.2) is 30.6 Å². The van der Waals surface area contributed by atoms with Gasteiger partial charge in [-0.05, 0) is 30.3 Å². The molecule has 0 saturated heterocycles. The van der Waals surface area contributed by atoms with Gasteiger partial charge in [0.25, 0.3) is 5.91 Å². The van der Waals surface area contributed by atoms with E-state index in [1.54, 1.807) is 37.4 Å². The van der Waals surface area contributed by atoms with E-state index < -0.39 is 18.5 Å². The summed E-state index contributed by atoms with van der Waals surface area (Å²) in [5, 5.41) is 3.30. The maximum atomic E-state index is 12.0. The largest absolute Gasteiger partial charge is 0.497 e. The van der Waals surface area contributed by atoms with Crippen molar-refractivity contribution in [2.24, 2.45) is 0 Å². The fraction of sp³-hybridized carbons (Fsp3) is 0.118. The van der Waals surface area contributed by atoms with E-state index in [-0.39, 0.29) is 10.6 Å². The number of carbonyl (C=O) groups is 2. The molecule has 8 heteroatoms. The third kappa shape index (κ3) is 4.07. The monoisotopic (exact) mass is 376 g/mol. The summed E-state index contributed by atoms with van der Waals surface area (Å²) >= 11 is 7.22. The smallest absolute Gasteiger partial charge is 0.340 e. The van der Waals surface area contributed by atoms with Gasteiger partial charge in [-0.1, -0.05) is 35.1 Å². The summed E-state index contributed by atoms with van der Waals surface area (Å²) in [4.78, 5) is 28.2. The van der Waals surface area contributed by atoms with Gasteiger partial charge in [0.15, 0.2) is 11.7 Å². The summed E-state index contributed by atoms with van der Waals surface area (Å²) in [7, 11) is 1.58. The molecule has 0 fully saturated rings. The van der Waals surface area contributed by atoms with E-state index in [2.05, 4.69) is 10.3 Å². The van der Waals surface area contributed by atoms with Crippen LogP contribution in [0.3, 0.4) is 0 Å². The number of methoxy groups -OCH3 is 1. The Bertz CT molecular complexity index is 941. The molecule has 0 bridgehead atoms. The second kappa shape index (κ2) is 7.50. The van der Waals surface area contributed by atoms with Gasteiger partial charge < -0.3 is 9.47 Å². The SMILES string of the molecule is COc1ccc2nc(NC(=O)COC(=O)c3ccccc3Cl)sc2c1. The Morgan fingerprint density at radius 2 is 2.04 bits per heavy atom. The van der Waals surface area contributed by atoms with Crippen molar-refractivity contribution in [1.29, 1.82) is 0 Å². The van der Waals surface area contributed by atoms with Gasteiger partial charge >= 0.3 is 5.97 Å². The molecule has 0 radical (unpaired) electrons. The number of hydrogen-bond donors (Lipinski definition) is 1. The minimum Gasteiger partial charge on any atom is -0.497 e. The van der Waals surface area contributed by atoms with Crippen LogP contribution in [0.25, 0.3) is 10.2 Å². The maximum absolute atomic E-state index is 12.0. The van der Waals surface area contributed by atoms with Crippen molar-refractivity contribution in [3.63, 3.8) is 0 Å². The standard InChI is InChI=1S/C17H13ClN2O4S/c1-23-10-6-7-13-14(8-10)25-17(19-13)20-15(21)9-24-16(22)11-4-2-3-5-12(11)18/h2-8H,9H2,1H3,(H,19,20,21). The van der Waals surface area contributed by atoms with Crippen molar-refractivity contribution in [2.45, 2.75) is 0 Å². The molecule has 1 heterocycles. The van der Waals surface area contributed by atoms with Crippen LogP contribution >= 0.6 is 22.9 Å². The fourth-order valence-electron chi connectivity index (χ4n) is 2.08. The minimum atomic E-state index is -0.658. The Morgan fingerprint density at radius 3 is 2.80 bits per heavy atom. The van der Waals surface area contributed by atoms with Crippen molar-refractivity contribution >= 4 is 50.2 Å². The van der Waals surface area contributed by atoms with Crippen LogP contribution in [0, 0.1) is 0 Å². The molecule has 1 N–H and O–H groups in total. The van der Waals surface area contributed by atoms with Gasteiger partial charge in [0.05, 0.1) is 27.9 Å². The number of ether oxygens (including phenoxy) is 2. The summed E-state index contributed by atoms with van der Waals surface area (Å²) in [5.41, 5.74) is 0.957. The molecular formula is C17H13ClN2O4S. The Hall–Kier alpha value is -2.64. The van der Waals surface area contributed by atoms with Crippen LogP contribution in [0.5, 0.6) is 5.75 Å². The Balaban J connectivity index is 1.61. The first-order chi connectivity index (χ1) is 12.1. The molecule has 0 saturated carbocycles. The van der Waals surface area contributed by atoms with Crippen LogP contribution in [0.1, 0.15) is 10.4 Å². The van der Waals surface area contributed by atoms with Crippen LogP contribution in [-0.2, 0) is 9.53 Å². The lowest BCUT2D eigenvalue weighted by molar-refractivity contribution is -0.119. The molecule has 2 aromatic carbocycles. The summed E-state index contributed by atoms with van der Waals surface area (Å²) in [6.45, 7) is -0.427. The second-order valence-electron chi connectivity index (χ2n) is 4.96. The highest BCUT2D eigenvalue weighted by Gasteiger charge is 2.14. The summed E-state index contributed by atoms with van der Waals surface area (Å²) < 4.78 is 11.0. The van der Waals surface area contributed by atoms with E-state index in [1.807, 2.05) is 6.07 Å². The molecule has 0 aliphatic rings. The molecule has 0 aliphatic heterocycles. The zero-order chi connectivity index (χ0) is 17.8. The van der Waals surface area contributed by atoms with Gasteiger partial charge in [0, 0.05) is 0 Å². The Kier molecular flexibility index (Phi) is 5.16. The lowest BCUT2D eigenvalue weighted by atomic mass is 10.2. The average Bonchev–Trinajstić information content (AvgIpc) is 3.01. The number of amides is 1. The number of esters is 1. The highest BCUT2D eigenvalue weighted by Crippen LogP contribution is 2.29. The normalized spacial score (nSPS) is 10.5. The van der Waals surface area contributed by atoms with Crippen LogP contribution < -0.4 is 10.1 Å². The average molecular weight is 377 g/mol. The number of anilines is 1. The van der Waals surface area contributed by atoms with Crippen molar-refractivity contribution in [3.8, 4) is 5.75 Å². The fourth-order valence-corrected chi connectivity index (χ4v) is 3.20. The Labute approximate surface area is 152 Å². The first-order valence-electron chi connectivity index (χ1n) is 7.23. The Morgan fingerprint density at radius 1 is 1.24 bits per heavy atom. The highest BCUT2D eigenvalue weighted by molar-refractivity contribution is 7.22. The quantitative estimate of drug-likeness (QED) is 0.686. The topological polar surface area (TPSA) is 77.5 Å². The van der Waals surface area contributed by atoms with Crippen molar-refractivity contribution in [3.05, 3.63) is 53.1 Å². The van der Waals surface area contributed by atoms with E-state index in [1.165, 1.54) is 17.4 Å². The molecular weight excluding hydrogens is 364 g/mol. The van der Waals surface area contributed by atoms with E-state index in [0.29, 0.717) is 10.9 Å². The number of nitrogens with one attached hydrogen (secondary N) is 1. The number of halogens is 1. The number of rotatable bonds is 5. The molecule has 3 rings (SSSR count). The predicted octanol–water partition coefficient (Wildman–Crippen LogP) is 3.75. The number of nitrogens with zero attached hydrogens (tertiary/aromatic N) is 1. The summed E-state index contributed by atoms with van der Waals surface area (Å²) in [6.07, 6.45) is 0. The van der Waals surface area contributed by atoms with Gasteiger partial charge in [-0.3, -0.25) is 10.1 Å². The van der Waals surface area contributed by atoms with Gasteiger partial charge in [-0.2, -0.15) is 0 Å². The van der Waals surface area contributed by atoms with E-state index in [0.717, 1.165) is 10.2 Å². The lowest BCUT2D eigenvalue weighted by Gasteiger charge is -2.05. The molecule has 6 nitrogen and oxygen atoms in total. The van der Waals surface area contributed by atoms with Gasteiger partial charge in [0.1, 0.15) is 5.75 Å². The first-order valence-corrected chi connectivity index (χ1v) is 8.42. The van der Waals surface area contributed by atoms with Crippen LogP contribution in [0.2, 0.25) is 5.02 Å². The number of benzene rings is 2. The maximum Gasteiger partial charge on any atom is 0.340 e. The zero-order valence-electron chi connectivity index (χ0n) is 13.1. The number of thiazole rings is 1. The highest BCUT2D eigenvalue weighted by atomic mass is 35.5.